The number of nitrogen functional groups attached to an aromatic ring is 1. The van der Waals surface area contributed by atoms with Crippen molar-refractivity contribution in [2.45, 2.75) is 167 Å². The fourth-order valence-electron chi connectivity index (χ4n) is 6.03. The summed E-state index contributed by atoms with van der Waals surface area (Å²) in [6, 6.07) is -0.974. The third kappa shape index (κ3) is 15.3. The van der Waals surface area contributed by atoms with E-state index in [4.69, 9.17) is 19.7 Å². The summed E-state index contributed by atoms with van der Waals surface area (Å²) < 4.78 is 43.9. The number of carbonyl (C=O) groups excluding carboxylic acids is 1. The van der Waals surface area contributed by atoms with Crippen molar-refractivity contribution in [1.82, 2.24) is 14.9 Å². The molecule has 0 saturated carbocycles. The number of anilines is 1. The van der Waals surface area contributed by atoms with Gasteiger partial charge in [-0.1, -0.05) is 96.8 Å². The van der Waals surface area contributed by atoms with Crippen molar-refractivity contribution >= 4 is 19.5 Å². The van der Waals surface area contributed by atoms with Crippen molar-refractivity contribution < 1.29 is 37.5 Å². The average Bonchev–Trinajstić information content (AvgIpc) is 3.48. The first kappa shape index (κ1) is 40.3. The summed E-state index contributed by atoms with van der Waals surface area (Å²) in [6.45, 7) is 5.97. The zero-order valence-electron chi connectivity index (χ0n) is 28.0. The lowest BCUT2D eigenvalue weighted by molar-refractivity contribution is -0.128. The van der Waals surface area contributed by atoms with Gasteiger partial charge in [-0.3, -0.25) is 13.9 Å². The van der Waals surface area contributed by atoms with Crippen LogP contribution in [0, 0.1) is 5.82 Å². The summed E-state index contributed by atoms with van der Waals surface area (Å²) in [5.74, 6) is -1.73. The highest BCUT2D eigenvalue weighted by Gasteiger charge is 2.44. The maximum absolute atomic E-state index is 14.1. The first-order valence-corrected chi connectivity index (χ1v) is 18.8. The third-order valence-electron chi connectivity index (χ3n) is 8.52. The molecule has 1 saturated heterocycles. The minimum atomic E-state index is -5.04. The molecule has 1 amide bonds. The fraction of sp³-hybridized carbons (Fsp3) is 0.844. The molecule has 2 heterocycles. The number of hydrogen-bond acceptors (Lipinski definition) is 8. The Labute approximate surface area is 273 Å². The van der Waals surface area contributed by atoms with Crippen molar-refractivity contribution in [2.75, 3.05) is 12.3 Å². The number of halogens is 1. The quantitative estimate of drug-likeness (QED) is 0.0680. The molecule has 0 aliphatic carbocycles. The molecule has 1 fully saturated rings. The van der Waals surface area contributed by atoms with Gasteiger partial charge in [0.1, 0.15) is 12.3 Å². The van der Waals surface area contributed by atoms with E-state index < -0.39 is 55.7 Å². The van der Waals surface area contributed by atoms with E-state index in [9.17, 15) is 28.3 Å². The van der Waals surface area contributed by atoms with Crippen LogP contribution in [-0.4, -0.2) is 56.2 Å². The maximum atomic E-state index is 14.1. The van der Waals surface area contributed by atoms with E-state index >= 15 is 0 Å². The van der Waals surface area contributed by atoms with Crippen LogP contribution in [0.2, 0.25) is 0 Å². The number of hydrogen-bond donors (Lipinski definition) is 4. The molecule has 1 aliphatic rings. The Morgan fingerprint density at radius 3 is 2.11 bits per heavy atom. The van der Waals surface area contributed by atoms with Crippen LogP contribution in [-0.2, 0) is 23.4 Å². The number of nitrogens with one attached hydrogen (secondary N) is 1. The number of nitrogens with zero attached hydrogens (tertiary/aromatic N) is 2. The van der Waals surface area contributed by atoms with Crippen LogP contribution in [0.5, 0.6) is 0 Å². The number of carbonyl (C=O) groups is 1. The summed E-state index contributed by atoms with van der Waals surface area (Å²) in [5.41, 5.74) is 4.56. The maximum Gasteiger partial charge on any atom is 0.470 e. The summed E-state index contributed by atoms with van der Waals surface area (Å²) in [6.07, 6.45) is 15.8. The van der Waals surface area contributed by atoms with Gasteiger partial charge in [0.25, 0.3) is 0 Å². The van der Waals surface area contributed by atoms with Crippen molar-refractivity contribution in [2.24, 2.45) is 0 Å². The number of phosphoric ester groups is 1. The topological polar surface area (TPSA) is 175 Å². The van der Waals surface area contributed by atoms with Gasteiger partial charge < -0.3 is 30.3 Å². The van der Waals surface area contributed by atoms with Gasteiger partial charge in [0.05, 0.1) is 24.4 Å². The fourth-order valence-corrected chi connectivity index (χ4v) is 6.61. The van der Waals surface area contributed by atoms with Crippen molar-refractivity contribution in [3.05, 3.63) is 22.5 Å². The summed E-state index contributed by atoms with van der Waals surface area (Å²) in [5, 5.41) is 2.86. The molecule has 12 nitrogen and oxygen atoms in total. The van der Waals surface area contributed by atoms with Crippen LogP contribution in [0.3, 0.4) is 0 Å². The smallest absolute Gasteiger partial charge is 0.381 e. The third-order valence-corrected chi connectivity index (χ3v) is 9.04. The van der Waals surface area contributed by atoms with E-state index in [1.165, 1.54) is 70.6 Å². The second-order valence-electron chi connectivity index (χ2n) is 12.4. The van der Waals surface area contributed by atoms with Crippen LogP contribution in [0.4, 0.5) is 10.2 Å². The molecule has 0 bridgehead atoms. The molecule has 46 heavy (non-hydrogen) atoms. The Kier molecular flexibility index (Phi) is 19.2. The Morgan fingerprint density at radius 2 is 1.59 bits per heavy atom. The van der Waals surface area contributed by atoms with Gasteiger partial charge >= 0.3 is 13.5 Å². The number of aromatic nitrogens is 2. The van der Waals surface area contributed by atoms with Gasteiger partial charge in [0, 0.05) is 13.0 Å². The molecule has 0 aromatic carbocycles. The number of ether oxygens (including phenoxy) is 2. The first-order chi connectivity index (χ1) is 22.0. The van der Waals surface area contributed by atoms with Gasteiger partial charge in [-0.15, -0.1) is 0 Å². The van der Waals surface area contributed by atoms with E-state index in [1.54, 1.807) is 13.8 Å². The summed E-state index contributed by atoms with van der Waals surface area (Å²) in [7, 11) is -5.04. The van der Waals surface area contributed by atoms with E-state index in [1.807, 2.05) is 0 Å². The Balaban J connectivity index is 1.85. The minimum absolute atomic E-state index is 0.206. The summed E-state index contributed by atoms with van der Waals surface area (Å²) >= 11 is 0. The Hall–Kier alpha value is -1.89. The van der Waals surface area contributed by atoms with Crippen molar-refractivity contribution in [1.29, 1.82) is 0 Å². The van der Waals surface area contributed by atoms with E-state index in [2.05, 4.69) is 17.2 Å². The summed E-state index contributed by atoms with van der Waals surface area (Å²) in [4.78, 5) is 48.3. The van der Waals surface area contributed by atoms with Crippen molar-refractivity contribution in [3.8, 4) is 0 Å². The van der Waals surface area contributed by atoms with Crippen LogP contribution in [0.15, 0.2) is 11.0 Å². The molecule has 266 valence electrons. The van der Waals surface area contributed by atoms with Crippen LogP contribution in [0.25, 0.3) is 0 Å². The van der Waals surface area contributed by atoms with Crippen molar-refractivity contribution in [3.63, 3.8) is 0 Å². The normalized spacial score (nSPS) is 18.8. The van der Waals surface area contributed by atoms with Crippen LogP contribution in [0.1, 0.15) is 143 Å². The highest BCUT2D eigenvalue weighted by Crippen LogP contribution is 2.43. The van der Waals surface area contributed by atoms with Gasteiger partial charge in [-0.2, -0.15) is 4.98 Å². The number of phosphoric acid groups is 1. The second-order valence-corrected chi connectivity index (χ2v) is 13.6. The number of amides is 1. The molecule has 0 spiro atoms. The molecule has 0 radical (unpaired) electrons. The Bertz CT molecular complexity index is 1120. The molecule has 1 aromatic rings. The highest BCUT2D eigenvalue weighted by molar-refractivity contribution is 7.46. The lowest BCUT2D eigenvalue weighted by Crippen LogP contribution is -2.55. The molecule has 5 atom stereocenters. The molecule has 14 heteroatoms. The van der Waals surface area contributed by atoms with E-state index in [0.717, 1.165) is 30.0 Å². The largest absolute Gasteiger partial charge is 0.470 e. The molecule has 1 aromatic heterocycles. The predicted octanol–water partition coefficient (Wildman–Crippen LogP) is 6.29. The zero-order chi connectivity index (χ0) is 34.0. The lowest BCUT2D eigenvalue weighted by atomic mass is 9.98. The highest BCUT2D eigenvalue weighted by atomic mass is 31.2. The molecule has 5 N–H and O–H groups in total. The lowest BCUT2D eigenvalue weighted by Gasteiger charge is -2.35. The zero-order valence-corrected chi connectivity index (χ0v) is 28.9. The second kappa shape index (κ2) is 21.9. The molecule has 2 rings (SSSR count). The van der Waals surface area contributed by atoms with Gasteiger partial charge in [0.15, 0.2) is 11.6 Å². The monoisotopic (exact) mass is 676 g/mol. The Morgan fingerprint density at radius 1 is 1.04 bits per heavy atom. The van der Waals surface area contributed by atoms with Crippen LogP contribution < -0.4 is 16.7 Å². The van der Waals surface area contributed by atoms with E-state index in [0.29, 0.717) is 6.42 Å². The molecule has 3 unspecified atom stereocenters. The van der Waals surface area contributed by atoms with Gasteiger partial charge in [-0.05, 0) is 33.1 Å². The number of unbranched alkanes of at least 4 members (excludes halogenated alkanes) is 14. The average molecular weight is 677 g/mol. The standard InChI is InChI=1S/C32H58FN4O8P/c1-4-6-7-8-9-10-11-12-13-14-15-16-17-18-19-20-27(38)35-29(24(3)43-5-2)30(45-46(40,41)42)26-21-22-28(44-26)37-23-25(33)31(34)36-32(37)39/h23-24,26,28-30H,4-22H2,1-3H3,(H,35,38)(H2,34,36,39)(H2,40,41,42)/t24?,26-,28+,29?,30?/m0/s1. The number of nitrogens with two attached hydrogens (primary N) is 1. The molecular formula is C32H58FN4O8P. The minimum Gasteiger partial charge on any atom is -0.381 e. The predicted molar refractivity (Wildman–Crippen MR) is 175 cm³/mol. The van der Waals surface area contributed by atoms with Gasteiger partial charge in [0.2, 0.25) is 5.91 Å². The van der Waals surface area contributed by atoms with Crippen LogP contribution >= 0.6 is 7.82 Å². The molecular weight excluding hydrogens is 618 g/mol. The number of rotatable bonds is 25. The first-order valence-electron chi connectivity index (χ1n) is 17.3. The SMILES string of the molecule is CCCCCCCCCCCCCCCCCC(=O)NC(C(C)OCC)C(OP(=O)(O)O)[C@@H]1CC[C@H](n2cc(F)c(N)nc2=O)O1. The molecule has 1 aliphatic heterocycles. The van der Waals surface area contributed by atoms with Gasteiger partial charge in [-0.25, -0.2) is 13.8 Å². The van der Waals surface area contributed by atoms with E-state index in [-0.39, 0.29) is 31.8 Å².